The molecule has 0 unspecified atom stereocenters. The lowest BCUT2D eigenvalue weighted by molar-refractivity contribution is 0.102. The molecule has 0 radical (unpaired) electrons. The van der Waals surface area contributed by atoms with Gasteiger partial charge in [0.25, 0.3) is 5.91 Å². The van der Waals surface area contributed by atoms with Crippen LogP contribution in [0.4, 0.5) is 5.69 Å². The molecule has 0 fully saturated rings. The summed E-state index contributed by atoms with van der Waals surface area (Å²) >= 11 is 0. The fourth-order valence-electron chi connectivity index (χ4n) is 1.76. The summed E-state index contributed by atoms with van der Waals surface area (Å²) in [6, 6.07) is 15.5. The molecule has 0 bridgehead atoms. The molecular formula is C17H12N2O2. The second-order valence-corrected chi connectivity index (χ2v) is 4.15. The van der Waals surface area contributed by atoms with Crippen molar-refractivity contribution in [3.05, 3.63) is 65.2 Å². The Balaban J connectivity index is 2.26. The third-order valence-electron chi connectivity index (χ3n) is 2.73. The van der Waals surface area contributed by atoms with Crippen molar-refractivity contribution < 1.29 is 9.90 Å². The Morgan fingerprint density at radius 2 is 2.00 bits per heavy atom. The van der Waals surface area contributed by atoms with E-state index in [0.29, 0.717) is 22.4 Å². The third-order valence-corrected chi connectivity index (χ3v) is 2.73. The first-order valence-corrected chi connectivity index (χ1v) is 6.25. The fraction of sp³-hybridized carbons (Fsp3) is 0.0588. The maximum atomic E-state index is 12.2. The summed E-state index contributed by atoms with van der Waals surface area (Å²) in [5.41, 5.74) is 2.01. The van der Waals surface area contributed by atoms with Gasteiger partial charge >= 0.3 is 0 Å². The summed E-state index contributed by atoms with van der Waals surface area (Å²) in [4.78, 5) is 12.2. The third kappa shape index (κ3) is 3.70. The molecule has 0 saturated heterocycles. The van der Waals surface area contributed by atoms with Crippen LogP contribution in [0.5, 0.6) is 0 Å². The summed E-state index contributed by atoms with van der Waals surface area (Å²) in [5, 5.41) is 20.4. The molecule has 0 aliphatic rings. The normalized spacial score (nSPS) is 9.14. The molecule has 4 heteroatoms. The number of amides is 1. The Labute approximate surface area is 122 Å². The SMILES string of the molecule is N#Cc1cccc(C(=O)Nc2ccccc2C#CCO)c1. The molecule has 102 valence electrons. The minimum atomic E-state index is -0.314. The molecule has 2 rings (SSSR count). The van der Waals surface area contributed by atoms with Crippen LogP contribution >= 0.6 is 0 Å². The van der Waals surface area contributed by atoms with Crippen molar-refractivity contribution in [2.45, 2.75) is 0 Å². The van der Waals surface area contributed by atoms with E-state index in [1.165, 1.54) is 6.07 Å². The van der Waals surface area contributed by atoms with Crippen molar-refractivity contribution in [2.75, 3.05) is 11.9 Å². The van der Waals surface area contributed by atoms with E-state index in [0.717, 1.165) is 0 Å². The van der Waals surface area contributed by atoms with E-state index >= 15 is 0 Å². The summed E-state index contributed by atoms with van der Waals surface area (Å²) in [7, 11) is 0. The molecule has 1 amide bonds. The van der Waals surface area contributed by atoms with Crippen molar-refractivity contribution in [1.82, 2.24) is 0 Å². The van der Waals surface area contributed by atoms with Gasteiger partial charge in [-0.3, -0.25) is 4.79 Å². The van der Waals surface area contributed by atoms with Gasteiger partial charge in [0.1, 0.15) is 6.61 Å². The van der Waals surface area contributed by atoms with E-state index in [2.05, 4.69) is 17.2 Å². The van der Waals surface area contributed by atoms with Crippen LogP contribution in [0.15, 0.2) is 48.5 Å². The molecule has 0 spiro atoms. The van der Waals surface area contributed by atoms with Gasteiger partial charge in [-0.1, -0.05) is 30.0 Å². The highest BCUT2D eigenvalue weighted by atomic mass is 16.2. The average Bonchev–Trinajstić information content (AvgIpc) is 2.54. The second kappa shape index (κ2) is 6.91. The number of anilines is 1. The largest absolute Gasteiger partial charge is 0.384 e. The lowest BCUT2D eigenvalue weighted by Gasteiger charge is -2.07. The van der Waals surface area contributed by atoms with Crippen molar-refractivity contribution >= 4 is 11.6 Å². The highest BCUT2D eigenvalue weighted by Crippen LogP contribution is 2.15. The summed E-state index contributed by atoms with van der Waals surface area (Å²) in [5.74, 6) is 5.01. The van der Waals surface area contributed by atoms with E-state index in [9.17, 15) is 4.79 Å². The minimum Gasteiger partial charge on any atom is -0.384 e. The predicted octanol–water partition coefficient (Wildman–Crippen LogP) is 2.15. The van der Waals surface area contributed by atoms with Gasteiger partial charge in [0, 0.05) is 11.1 Å². The van der Waals surface area contributed by atoms with Crippen LogP contribution in [0.3, 0.4) is 0 Å². The molecule has 0 saturated carbocycles. The highest BCUT2D eigenvalue weighted by molar-refractivity contribution is 6.05. The number of aliphatic hydroxyl groups is 1. The molecule has 0 aliphatic heterocycles. The van der Waals surface area contributed by atoms with E-state index in [1.54, 1.807) is 42.5 Å². The number of carbonyl (C=O) groups is 1. The maximum Gasteiger partial charge on any atom is 0.255 e. The maximum absolute atomic E-state index is 12.2. The number of benzene rings is 2. The summed E-state index contributed by atoms with van der Waals surface area (Å²) in [6.45, 7) is -0.244. The number of aliphatic hydroxyl groups excluding tert-OH is 1. The quantitative estimate of drug-likeness (QED) is 0.825. The van der Waals surface area contributed by atoms with Crippen LogP contribution in [0, 0.1) is 23.2 Å². The molecule has 21 heavy (non-hydrogen) atoms. The van der Waals surface area contributed by atoms with Gasteiger partial charge in [0.15, 0.2) is 0 Å². The monoisotopic (exact) mass is 276 g/mol. The lowest BCUT2D eigenvalue weighted by Crippen LogP contribution is -2.12. The predicted molar refractivity (Wildman–Crippen MR) is 79.5 cm³/mol. The highest BCUT2D eigenvalue weighted by Gasteiger charge is 2.08. The van der Waals surface area contributed by atoms with E-state index < -0.39 is 0 Å². The molecule has 0 aromatic heterocycles. The summed E-state index contributed by atoms with van der Waals surface area (Å²) < 4.78 is 0. The second-order valence-electron chi connectivity index (χ2n) is 4.15. The smallest absolute Gasteiger partial charge is 0.255 e. The first-order chi connectivity index (χ1) is 10.2. The van der Waals surface area contributed by atoms with Gasteiger partial charge in [-0.05, 0) is 30.3 Å². The molecule has 4 nitrogen and oxygen atoms in total. The summed E-state index contributed by atoms with van der Waals surface area (Å²) in [6.07, 6.45) is 0. The number of hydrogen-bond donors (Lipinski definition) is 2. The number of nitrogens with one attached hydrogen (secondary N) is 1. The van der Waals surface area contributed by atoms with Crippen molar-refractivity contribution in [3.63, 3.8) is 0 Å². The number of nitriles is 1. The minimum absolute atomic E-state index is 0.244. The van der Waals surface area contributed by atoms with Crippen LogP contribution in [-0.4, -0.2) is 17.6 Å². The van der Waals surface area contributed by atoms with Crippen molar-refractivity contribution in [3.8, 4) is 17.9 Å². The first-order valence-electron chi connectivity index (χ1n) is 6.25. The zero-order valence-corrected chi connectivity index (χ0v) is 11.1. The van der Waals surface area contributed by atoms with Gasteiger partial charge < -0.3 is 10.4 Å². The number of rotatable bonds is 2. The Bertz CT molecular complexity index is 764. The number of para-hydroxylation sites is 1. The Morgan fingerprint density at radius 1 is 1.19 bits per heavy atom. The van der Waals surface area contributed by atoms with Crippen molar-refractivity contribution in [1.29, 1.82) is 5.26 Å². The Morgan fingerprint density at radius 3 is 2.76 bits per heavy atom. The zero-order valence-electron chi connectivity index (χ0n) is 11.1. The molecule has 2 aromatic rings. The molecule has 0 aliphatic carbocycles. The zero-order chi connectivity index (χ0) is 15.1. The number of carbonyl (C=O) groups excluding carboxylic acids is 1. The molecule has 2 aromatic carbocycles. The van der Waals surface area contributed by atoms with Gasteiger partial charge in [0.05, 0.1) is 17.3 Å². The van der Waals surface area contributed by atoms with Crippen LogP contribution < -0.4 is 5.32 Å². The molecular weight excluding hydrogens is 264 g/mol. The van der Waals surface area contributed by atoms with Crippen LogP contribution in [0.2, 0.25) is 0 Å². The standard InChI is InChI=1S/C17H12N2O2/c18-12-13-5-3-7-15(11-13)17(21)19-16-9-2-1-6-14(16)8-4-10-20/h1-3,5-7,9,11,20H,10H2,(H,19,21). The molecule has 0 heterocycles. The van der Waals surface area contributed by atoms with Gasteiger partial charge in [-0.25, -0.2) is 0 Å². The lowest BCUT2D eigenvalue weighted by atomic mass is 10.1. The average molecular weight is 276 g/mol. The van der Waals surface area contributed by atoms with Gasteiger partial charge in [0.2, 0.25) is 0 Å². The van der Waals surface area contributed by atoms with Crippen LogP contribution in [0.25, 0.3) is 0 Å². The van der Waals surface area contributed by atoms with E-state index in [-0.39, 0.29) is 12.5 Å². The first kappa shape index (κ1) is 14.3. The topological polar surface area (TPSA) is 73.1 Å². The van der Waals surface area contributed by atoms with Gasteiger partial charge in [-0.2, -0.15) is 5.26 Å². The van der Waals surface area contributed by atoms with Crippen molar-refractivity contribution in [2.24, 2.45) is 0 Å². The number of nitrogens with zero attached hydrogens (tertiary/aromatic N) is 1. The Kier molecular flexibility index (Phi) is 4.71. The molecule has 2 N–H and O–H groups in total. The fourth-order valence-corrected chi connectivity index (χ4v) is 1.76. The van der Waals surface area contributed by atoms with Crippen LogP contribution in [0.1, 0.15) is 21.5 Å². The van der Waals surface area contributed by atoms with E-state index in [1.807, 2.05) is 6.07 Å². The molecule has 0 atom stereocenters. The Hall–Kier alpha value is -3.08. The van der Waals surface area contributed by atoms with Gasteiger partial charge in [-0.15, -0.1) is 0 Å². The number of hydrogen-bond acceptors (Lipinski definition) is 3. The van der Waals surface area contributed by atoms with E-state index in [4.69, 9.17) is 10.4 Å². The van der Waals surface area contributed by atoms with Crippen LogP contribution in [-0.2, 0) is 0 Å².